The van der Waals surface area contributed by atoms with Crippen LogP contribution in [0.15, 0.2) is 42.5 Å². The van der Waals surface area contributed by atoms with Gasteiger partial charge in [0.05, 0.1) is 23.4 Å². The number of para-hydroxylation sites is 1. The molecule has 0 aliphatic carbocycles. The van der Waals surface area contributed by atoms with E-state index >= 15 is 0 Å². The quantitative estimate of drug-likeness (QED) is 0.895. The third-order valence-corrected chi connectivity index (χ3v) is 3.04. The number of anilines is 1. The fourth-order valence-corrected chi connectivity index (χ4v) is 1.85. The maximum absolute atomic E-state index is 13.5. The molecular weight excluding hydrogens is 272 g/mol. The highest BCUT2D eigenvalue weighted by Crippen LogP contribution is 2.24. The maximum atomic E-state index is 13.5. The molecule has 0 bridgehead atoms. The van der Waals surface area contributed by atoms with Crippen LogP contribution in [0.2, 0.25) is 5.02 Å². The summed E-state index contributed by atoms with van der Waals surface area (Å²) >= 11 is 5.60. The Balaban J connectivity index is 2.25. The second-order valence-electron chi connectivity index (χ2n) is 4.03. The van der Waals surface area contributed by atoms with Crippen LogP contribution in [0, 0.1) is 11.6 Å². The third-order valence-electron chi connectivity index (χ3n) is 2.73. The number of rotatable bonds is 4. The highest BCUT2D eigenvalue weighted by Gasteiger charge is 2.14. The number of benzene rings is 2. The first kappa shape index (κ1) is 13.8. The molecule has 2 aromatic rings. The molecule has 2 nitrogen and oxygen atoms in total. The molecule has 0 aliphatic rings. The number of nitrogens with one attached hydrogen (secondary N) is 1. The van der Waals surface area contributed by atoms with Gasteiger partial charge >= 0.3 is 0 Å². The number of aliphatic hydroxyl groups is 1. The van der Waals surface area contributed by atoms with Gasteiger partial charge in [0.2, 0.25) is 0 Å². The average molecular weight is 284 g/mol. The van der Waals surface area contributed by atoms with Crippen molar-refractivity contribution in [3.8, 4) is 0 Å². The lowest BCUT2D eigenvalue weighted by Crippen LogP contribution is -2.15. The van der Waals surface area contributed by atoms with E-state index in [1.807, 2.05) is 0 Å². The van der Waals surface area contributed by atoms with Crippen LogP contribution in [0.5, 0.6) is 0 Å². The van der Waals surface area contributed by atoms with Crippen LogP contribution in [-0.4, -0.2) is 11.7 Å². The molecular formula is C14H12ClF2NO. The van der Waals surface area contributed by atoms with Crippen LogP contribution in [0.1, 0.15) is 11.6 Å². The Morgan fingerprint density at radius 2 is 1.84 bits per heavy atom. The minimum atomic E-state index is -0.608. The molecule has 1 atom stereocenters. The van der Waals surface area contributed by atoms with Crippen molar-refractivity contribution < 1.29 is 13.9 Å². The van der Waals surface area contributed by atoms with E-state index in [9.17, 15) is 13.9 Å². The van der Waals surface area contributed by atoms with E-state index in [0.29, 0.717) is 5.56 Å². The lowest BCUT2D eigenvalue weighted by atomic mass is 10.1. The van der Waals surface area contributed by atoms with Gasteiger partial charge in [0.25, 0.3) is 0 Å². The summed E-state index contributed by atoms with van der Waals surface area (Å²) in [5.74, 6) is -1.01. The predicted octanol–water partition coefficient (Wildman–Crippen LogP) is 3.76. The third kappa shape index (κ3) is 3.22. The molecule has 19 heavy (non-hydrogen) atoms. The Labute approximate surface area is 114 Å². The van der Waals surface area contributed by atoms with Crippen LogP contribution < -0.4 is 5.32 Å². The molecule has 0 aliphatic heterocycles. The van der Waals surface area contributed by atoms with Gasteiger partial charge in [-0.3, -0.25) is 0 Å². The Bertz CT molecular complexity index is 577. The van der Waals surface area contributed by atoms with Crippen LogP contribution in [0.4, 0.5) is 14.5 Å². The maximum Gasteiger partial charge on any atom is 0.146 e. The fraction of sp³-hybridized carbons (Fsp3) is 0.143. The largest absolute Gasteiger partial charge is 0.394 e. The molecule has 0 saturated heterocycles. The van der Waals surface area contributed by atoms with Gasteiger partial charge in [0, 0.05) is 0 Å². The molecule has 0 amide bonds. The summed E-state index contributed by atoms with van der Waals surface area (Å²) in [5.41, 5.74) is 0.740. The molecule has 0 fully saturated rings. The van der Waals surface area contributed by atoms with E-state index in [1.165, 1.54) is 18.2 Å². The minimum absolute atomic E-state index is 0.00586. The summed E-state index contributed by atoms with van der Waals surface area (Å²) in [4.78, 5) is 0. The Morgan fingerprint density at radius 3 is 2.47 bits per heavy atom. The minimum Gasteiger partial charge on any atom is -0.394 e. The van der Waals surface area contributed by atoms with Crippen molar-refractivity contribution in [2.24, 2.45) is 0 Å². The van der Waals surface area contributed by atoms with Crippen LogP contribution in [0.3, 0.4) is 0 Å². The molecule has 2 aromatic carbocycles. The Kier molecular flexibility index (Phi) is 4.35. The summed E-state index contributed by atoms with van der Waals surface area (Å²) < 4.78 is 26.9. The number of halogens is 3. The van der Waals surface area contributed by atoms with Crippen LogP contribution >= 0.6 is 11.6 Å². The molecule has 0 heterocycles. The summed E-state index contributed by atoms with van der Waals surface area (Å²) in [5, 5.41) is 12.2. The number of hydrogen-bond acceptors (Lipinski definition) is 2. The van der Waals surface area contributed by atoms with Crippen molar-refractivity contribution in [3.63, 3.8) is 0 Å². The SMILES string of the molecule is OCC(Nc1ccccc1F)c1ccc(Cl)c(F)c1. The molecule has 2 rings (SSSR count). The summed E-state index contributed by atoms with van der Waals surface area (Å²) in [6, 6.07) is 9.68. The number of aliphatic hydroxyl groups excluding tert-OH is 1. The van der Waals surface area contributed by atoms with Crippen molar-refractivity contribution in [1.82, 2.24) is 0 Å². The van der Waals surface area contributed by atoms with Crippen molar-refractivity contribution >= 4 is 17.3 Å². The molecule has 5 heteroatoms. The zero-order valence-corrected chi connectivity index (χ0v) is 10.7. The number of hydrogen-bond donors (Lipinski definition) is 2. The molecule has 0 aromatic heterocycles. The Hall–Kier alpha value is -1.65. The summed E-state index contributed by atoms with van der Waals surface area (Å²) in [6.45, 7) is -0.296. The van der Waals surface area contributed by atoms with Gasteiger partial charge in [-0.25, -0.2) is 8.78 Å². The molecule has 0 radical (unpaired) electrons. The molecule has 1 unspecified atom stereocenters. The normalized spacial score (nSPS) is 12.2. The molecule has 0 spiro atoms. The van der Waals surface area contributed by atoms with Gasteiger partial charge in [-0.2, -0.15) is 0 Å². The molecule has 100 valence electrons. The van der Waals surface area contributed by atoms with E-state index in [2.05, 4.69) is 5.32 Å². The van der Waals surface area contributed by atoms with E-state index in [-0.39, 0.29) is 17.3 Å². The summed E-state index contributed by atoms with van der Waals surface area (Å²) in [7, 11) is 0. The zero-order chi connectivity index (χ0) is 13.8. The van der Waals surface area contributed by atoms with E-state index in [4.69, 9.17) is 11.6 Å². The predicted molar refractivity (Wildman–Crippen MR) is 71.3 cm³/mol. The van der Waals surface area contributed by atoms with Crippen LogP contribution in [0.25, 0.3) is 0 Å². The van der Waals surface area contributed by atoms with Crippen molar-refractivity contribution in [2.45, 2.75) is 6.04 Å². The van der Waals surface area contributed by atoms with E-state index in [1.54, 1.807) is 24.3 Å². The second kappa shape index (κ2) is 5.99. The first-order chi connectivity index (χ1) is 9.11. The van der Waals surface area contributed by atoms with Crippen molar-refractivity contribution in [3.05, 3.63) is 64.7 Å². The van der Waals surface area contributed by atoms with Gasteiger partial charge in [0.1, 0.15) is 11.6 Å². The van der Waals surface area contributed by atoms with Gasteiger partial charge in [0.15, 0.2) is 0 Å². The van der Waals surface area contributed by atoms with Gasteiger partial charge < -0.3 is 10.4 Å². The van der Waals surface area contributed by atoms with Crippen LogP contribution in [-0.2, 0) is 0 Å². The lowest BCUT2D eigenvalue weighted by molar-refractivity contribution is 0.276. The standard InChI is InChI=1S/C14H12ClF2NO/c15-10-6-5-9(7-12(10)17)14(8-19)18-13-4-2-1-3-11(13)16/h1-7,14,18-19H,8H2. The average Bonchev–Trinajstić information content (AvgIpc) is 2.41. The molecule has 2 N–H and O–H groups in total. The molecule has 0 saturated carbocycles. The summed E-state index contributed by atoms with van der Waals surface area (Å²) in [6.07, 6.45) is 0. The Morgan fingerprint density at radius 1 is 1.11 bits per heavy atom. The van der Waals surface area contributed by atoms with E-state index < -0.39 is 17.7 Å². The monoisotopic (exact) mass is 283 g/mol. The first-order valence-corrected chi connectivity index (χ1v) is 6.06. The van der Waals surface area contributed by atoms with Crippen molar-refractivity contribution in [2.75, 3.05) is 11.9 Å². The zero-order valence-electron chi connectivity index (χ0n) is 9.91. The van der Waals surface area contributed by atoms with Gasteiger partial charge in [-0.05, 0) is 29.8 Å². The van der Waals surface area contributed by atoms with E-state index in [0.717, 1.165) is 0 Å². The first-order valence-electron chi connectivity index (χ1n) is 5.68. The van der Waals surface area contributed by atoms with Gasteiger partial charge in [-0.1, -0.05) is 29.8 Å². The highest BCUT2D eigenvalue weighted by molar-refractivity contribution is 6.30. The fourth-order valence-electron chi connectivity index (χ4n) is 1.73. The second-order valence-corrected chi connectivity index (χ2v) is 4.44. The highest BCUT2D eigenvalue weighted by atomic mass is 35.5. The van der Waals surface area contributed by atoms with Crippen molar-refractivity contribution in [1.29, 1.82) is 0 Å². The topological polar surface area (TPSA) is 32.3 Å². The smallest absolute Gasteiger partial charge is 0.146 e. The van der Waals surface area contributed by atoms with Gasteiger partial charge in [-0.15, -0.1) is 0 Å². The lowest BCUT2D eigenvalue weighted by Gasteiger charge is -2.18.